The van der Waals surface area contributed by atoms with Crippen molar-refractivity contribution in [3.63, 3.8) is 0 Å². The van der Waals surface area contributed by atoms with Crippen LogP contribution in [0.4, 0.5) is 4.39 Å². The van der Waals surface area contributed by atoms with Crippen molar-refractivity contribution in [2.45, 2.75) is 6.61 Å². The summed E-state index contributed by atoms with van der Waals surface area (Å²) < 4.78 is 28.5. The van der Waals surface area contributed by atoms with E-state index in [1.165, 1.54) is 24.3 Å². The number of fused-ring (bicyclic) bond motifs is 1. The summed E-state index contributed by atoms with van der Waals surface area (Å²) >= 11 is 5.99. The van der Waals surface area contributed by atoms with Gasteiger partial charge in [0, 0.05) is 0 Å². The topological polar surface area (TPSA) is 44.8 Å². The number of ether oxygens (including phenoxy) is 3. The van der Waals surface area contributed by atoms with Gasteiger partial charge in [0.1, 0.15) is 12.4 Å². The van der Waals surface area contributed by atoms with Crippen LogP contribution in [0.5, 0.6) is 11.5 Å². The molecule has 108 valence electrons. The molecule has 0 unspecified atom stereocenters. The smallest absolute Gasteiger partial charge is 0.338 e. The predicted molar refractivity (Wildman–Crippen MR) is 73.1 cm³/mol. The second kappa shape index (κ2) is 5.61. The molecule has 0 atom stereocenters. The number of benzene rings is 2. The van der Waals surface area contributed by atoms with E-state index in [9.17, 15) is 9.18 Å². The minimum atomic E-state index is -0.570. The third kappa shape index (κ3) is 2.92. The van der Waals surface area contributed by atoms with E-state index >= 15 is 0 Å². The molecule has 0 spiro atoms. The molecule has 1 aliphatic rings. The Balaban J connectivity index is 1.73. The molecule has 0 aromatic heterocycles. The Kier molecular flexibility index (Phi) is 3.66. The predicted octanol–water partition coefficient (Wildman–Crippen LogP) is 3.56. The van der Waals surface area contributed by atoms with Gasteiger partial charge >= 0.3 is 5.97 Å². The number of hydrogen-bond donors (Lipinski definition) is 0. The molecule has 0 amide bonds. The molecule has 1 aliphatic heterocycles. The van der Waals surface area contributed by atoms with E-state index in [1.54, 1.807) is 12.1 Å². The first-order valence-electron chi connectivity index (χ1n) is 6.14. The van der Waals surface area contributed by atoms with Crippen LogP contribution in [-0.2, 0) is 11.3 Å². The third-order valence-corrected chi connectivity index (χ3v) is 3.20. The average molecular weight is 309 g/mol. The normalized spacial score (nSPS) is 12.3. The second-order valence-corrected chi connectivity index (χ2v) is 4.81. The molecule has 0 saturated carbocycles. The first-order valence-corrected chi connectivity index (χ1v) is 6.52. The van der Waals surface area contributed by atoms with Gasteiger partial charge < -0.3 is 14.2 Å². The van der Waals surface area contributed by atoms with E-state index in [2.05, 4.69) is 0 Å². The van der Waals surface area contributed by atoms with Gasteiger partial charge in [-0.1, -0.05) is 23.7 Å². The molecule has 0 saturated heterocycles. The summed E-state index contributed by atoms with van der Waals surface area (Å²) in [6, 6.07) is 8.80. The molecule has 0 N–H and O–H groups in total. The van der Waals surface area contributed by atoms with Gasteiger partial charge in [0.2, 0.25) is 6.79 Å². The Bertz CT molecular complexity index is 702. The maximum absolute atomic E-state index is 13.0. The zero-order valence-corrected chi connectivity index (χ0v) is 11.5. The lowest BCUT2D eigenvalue weighted by Gasteiger charge is -2.07. The lowest BCUT2D eigenvalue weighted by molar-refractivity contribution is 0.0472. The maximum Gasteiger partial charge on any atom is 0.338 e. The number of rotatable bonds is 3. The lowest BCUT2D eigenvalue weighted by Crippen LogP contribution is -2.05. The molecule has 6 heteroatoms. The van der Waals surface area contributed by atoms with Crippen molar-refractivity contribution in [2.24, 2.45) is 0 Å². The quantitative estimate of drug-likeness (QED) is 0.813. The fourth-order valence-corrected chi connectivity index (χ4v) is 2.21. The van der Waals surface area contributed by atoms with Crippen molar-refractivity contribution < 1.29 is 23.4 Å². The van der Waals surface area contributed by atoms with Crippen LogP contribution in [0.2, 0.25) is 5.02 Å². The summed E-state index contributed by atoms with van der Waals surface area (Å²) in [5, 5.41) is 0.280. The van der Waals surface area contributed by atoms with Crippen molar-refractivity contribution in [3.05, 3.63) is 58.4 Å². The lowest BCUT2D eigenvalue weighted by atomic mass is 10.2. The fraction of sp³-hybridized carbons (Fsp3) is 0.133. The minimum Gasteiger partial charge on any atom is -0.457 e. The first kappa shape index (κ1) is 13.7. The molecule has 0 bridgehead atoms. The highest BCUT2D eigenvalue weighted by Gasteiger charge is 2.21. The summed E-state index contributed by atoms with van der Waals surface area (Å²) in [6.07, 6.45) is 0. The van der Waals surface area contributed by atoms with Crippen LogP contribution in [0.15, 0.2) is 36.4 Å². The Hall–Kier alpha value is -2.27. The van der Waals surface area contributed by atoms with E-state index in [-0.39, 0.29) is 29.8 Å². The molecule has 0 aliphatic carbocycles. The highest BCUT2D eigenvalue weighted by molar-refractivity contribution is 6.32. The summed E-state index contributed by atoms with van der Waals surface area (Å²) in [5.41, 5.74) is 0.816. The molecule has 0 radical (unpaired) electrons. The zero-order valence-electron chi connectivity index (χ0n) is 10.8. The Morgan fingerprint density at radius 1 is 1.29 bits per heavy atom. The largest absolute Gasteiger partial charge is 0.457 e. The summed E-state index contributed by atoms with van der Waals surface area (Å²) in [5.74, 6) is -0.132. The Morgan fingerprint density at radius 3 is 2.95 bits per heavy atom. The second-order valence-electron chi connectivity index (χ2n) is 4.40. The molecule has 3 rings (SSSR count). The number of carbonyl (C=O) groups is 1. The molecule has 2 aromatic carbocycles. The Morgan fingerprint density at radius 2 is 2.14 bits per heavy atom. The zero-order chi connectivity index (χ0) is 14.8. The molecule has 0 fully saturated rings. The van der Waals surface area contributed by atoms with Crippen molar-refractivity contribution in [1.82, 2.24) is 0 Å². The minimum absolute atomic E-state index is 0.0251. The molecular formula is C15H10ClFO4. The van der Waals surface area contributed by atoms with Crippen LogP contribution in [0.1, 0.15) is 15.9 Å². The number of carbonyl (C=O) groups excluding carboxylic acids is 1. The maximum atomic E-state index is 13.0. The van der Waals surface area contributed by atoms with Crippen molar-refractivity contribution in [3.8, 4) is 11.5 Å². The van der Waals surface area contributed by atoms with Gasteiger partial charge in [-0.3, -0.25) is 0 Å². The van der Waals surface area contributed by atoms with E-state index in [1.807, 2.05) is 0 Å². The molecule has 2 aromatic rings. The average Bonchev–Trinajstić information content (AvgIpc) is 2.94. The monoisotopic (exact) mass is 308 g/mol. The SMILES string of the molecule is O=C(OCc1cccc(F)c1)c1cc(Cl)c2c(c1)OCO2. The number of hydrogen-bond acceptors (Lipinski definition) is 4. The fourth-order valence-electron chi connectivity index (χ4n) is 1.94. The van der Waals surface area contributed by atoms with Gasteiger partial charge in [-0.05, 0) is 29.8 Å². The number of halogens is 2. The molecule has 21 heavy (non-hydrogen) atoms. The van der Waals surface area contributed by atoms with Crippen molar-refractivity contribution in [1.29, 1.82) is 0 Å². The van der Waals surface area contributed by atoms with Gasteiger partial charge in [-0.25, -0.2) is 9.18 Å². The highest BCUT2D eigenvalue weighted by atomic mass is 35.5. The molecule has 4 nitrogen and oxygen atoms in total. The van der Waals surface area contributed by atoms with Gasteiger partial charge in [-0.15, -0.1) is 0 Å². The van der Waals surface area contributed by atoms with E-state index in [0.29, 0.717) is 17.1 Å². The van der Waals surface area contributed by atoms with Crippen LogP contribution in [0.25, 0.3) is 0 Å². The highest BCUT2D eigenvalue weighted by Crippen LogP contribution is 2.39. The van der Waals surface area contributed by atoms with E-state index in [0.717, 1.165) is 0 Å². The van der Waals surface area contributed by atoms with Gasteiger partial charge in [-0.2, -0.15) is 0 Å². The van der Waals surface area contributed by atoms with E-state index in [4.69, 9.17) is 25.8 Å². The molecule has 1 heterocycles. The van der Waals surface area contributed by atoms with Gasteiger partial charge in [0.25, 0.3) is 0 Å². The van der Waals surface area contributed by atoms with Gasteiger partial charge in [0.15, 0.2) is 11.5 Å². The van der Waals surface area contributed by atoms with Crippen LogP contribution >= 0.6 is 11.6 Å². The van der Waals surface area contributed by atoms with Crippen LogP contribution in [0, 0.1) is 5.82 Å². The van der Waals surface area contributed by atoms with Crippen molar-refractivity contribution >= 4 is 17.6 Å². The summed E-state index contributed by atoms with van der Waals surface area (Å²) in [4.78, 5) is 12.0. The van der Waals surface area contributed by atoms with Crippen molar-refractivity contribution in [2.75, 3.05) is 6.79 Å². The standard InChI is InChI=1S/C15H10ClFO4/c16-12-5-10(6-13-14(12)21-8-20-13)15(18)19-7-9-2-1-3-11(17)4-9/h1-6H,7-8H2. The summed E-state index contributed by atoms with van der Waals surface area (Å²) in [7, 11) is 0. The van der Waals surface area contributed by atoms with Crippen LogP contribution < -0.4 is 9.47 Å². The molecular weight excluding hydrogens is 299 g/mol. The van der Waals surface area contributed by atoms with E-state index < -0.39 is 5.97 Å². The first-order chi connectivity index (χ1) is 10.1. The van der Waals surface area contributed by atoms with Gasteiger partial charge in [0.05, 0.1) is 10.6 Å². The van der Waals surface area contributed by atoms with Crippen LogP contribution in [-0.4, -0.2) is 12.8 Å². The third-order valence-electron chi connectivity index (χ3n) is 2.92. The Labute approximate surface area is 125 Å². The number of esters is 1. The van der Waals surface area contributed by atoms with Crippen LogP contribution in [0.3, 0.4) is 0 Å². The summed E-state index contributed by atoms with van der Waals surface area (Å²) in [6.45, 7) is 0.0412.